The number of esters is 1. The molecule has 0 unspecified atom stereocenters. The fourth-order valence-electron chi connectivity index (χ4n) is 5.71. The number of ether oxygens (including phenoxy) is 3. The quantitative estimate of drug-likeness (QED) is 0.139. The molecule has 6 nitrogen and oxygen atoms in total. The molecule has 0 atom stereocenters. The third kappa shape index (κ3) is 4.80. The van der Waals surface area contributed by atoms with Gasteiger partial charge in [0.05, 0.1) is 31.0 Å². The summed E-state index contributed by atoms with van der Waals surface area (Å²) in [5.41, 5.74) is 7.96. The number of anilines is 2. The molecule has 0 radical (unpaired) electrons. The molecular formula is C34H32N2O4S. The van der Waals surface area contributed by atoms with Crippen LogP contribution in [0.1, 0.15) is 35.3 Å². The van der Waals surface area contributed by atoms with Crippen molar-refractivity contribution in [2.75, 3.05) is 30.7 Å². The number of hydrogen-bond acceptors (Lipinski definition) is 7. The van der Waals surface area contributed by atoms with Gasteiger partial charge in [0.15, 0.2) is 0 Å². The molecule has 1 N–H and O–H groups in total. The van der Waals surface area contributed by atoms with Gasteiger partial charge in [-0.2, -0.15) is 0 Å². The summed E-state index contributed by atoms with van der Waals surface area (Å²) in [7, 11) is 3.35. The van der Waals surface area contributed by atoms with E-state index >= 15 is 0 Å². The molecule has 41 heavy (non-hydrogen) atoms. The lowest BCUT2D eigenvalue weighted by Crippen LogP contribution is -2.33. The Labute approximate surface area is 244 Å². The van der Waals surface area contributed by atoms with Crippen molar-refractivity contribution in [3.05, 3.63) is 102 Å². The van der Waals surface area contributed by atoms with Crippen molar-refractivity contribution >= 4 is 34.8 Å². The number of thioether (sulfide) groups is 1. The number of carbonyl (C=O) groups excluding carboxylic acids is 1. The molecule has 7 heteroatoms. The van der Waals surface area contributed by atoms with Crippen molar-refractivity contribution in [1.82, 2.24) is 0 Å². The number of carbonyl (C=O) groups is 1. The first-order valence-electron chi connectivity index (χ1n) is 13.4. The van der Waals surface area contributed by atoms with Crippen molar-refractivity contribution < 1.29 is 19.0 Å². The largest absolute Gasteiger partial charge is 0.496 e. The minimum Gasteiger partial charge on any atom is -0.496 e. The highest BCUT2D eigenvalue weighted by Gasteiger charge is 2.37. The van der Waals surface area contributed by atoms with E-state index in [1.54, 1.807) is 26.4 Å². The van der Waals surface area contributed by atoms with Crippen molar-refractivity contribution in [2.24, 2.45) is 0 Å². The molecule has 4 aromatic rings. The van der Waals surface area contributed by atoms with Crippen molar-refractivity contribution in [2.45, 2.75) is 30.8 Å². The Morgan fingerprint density at radius 2 is 1.63 bits per heavy atom. The smallest absolute Gasteiger partial charge is 0.344 e. The molecule has 6 rings (SSSR count). The molecule has 0 aromatic heterocycles. The molecule has 0 aliphatic carbocycles. The Hall–Kier alpha value is -4.36. The van der Waals surface area contributed by atoms with Crippen molar-refractivity contribution in [3.63, 3.8) is 0 Å². The number of hydrogen-bond donors (Lipinski definition) is 1. The number of para-hydroxylation sites is 2. The number of rotatable bonds is 7. The second kappa shape index (κ2) is 10.6. The van der Waals surface area contributed by atoms with Crippen LogP contribution in [0.4, 0.5) is 11.4 Å². The van der Waals surface area contributed by atoms with E-state index in [2.05, 4.69) is 48.3 Å². The van der Waals surface area contributed by atoms with Gasteiger partial charge in [-0.1, -0.05) is 30.3 Å². The second-order valence-electron chi connectivity index (χ2n) is 10.6. The number of benzene rings is 4. The third-order valence-electron chi connectivity index (χ3n) is 7.51. The standard InChI is InChI=1S/C34H32N2O4S/c1-34(2)19-28-32-25(20-36(28)27-11-7-8-12-29(27)38-3)22(16-17-26(32)35-34)23-15-14-21(18-30(23)39-4)40-33(37)24-10-6-9-13-31(24)41-5/h6-19,35H,20H2,1-5H3. The van der Waals surface area contributed by atoms with Gasteiger partial charge < -0.3 is 24.4 Å². The minimum absolute atomic E-state index is 0.218. The molecule has 2 aliphatic heterocycles. The van der Waals surface area contributed by atoms with E-state index in [1.165, 1.54) is 22.9 Å². The molecule has 2 aliphatic rings. The van der Waals surface area contributed by atoms with E-state index < -0.39 is 5.97 Å². The fourth-order valence-corrected chi connectivity index (χ4v) is 6.30. The van der Waals surface area contributed by atoms with Crippen LogP contribution in [-0.4, -0.2) is 32.0 Å². The summed E-state index contributed by atoms with van der Waals surface area (Å²) < 4.78 is 17.4. The van der Waals surface area contributed by atoms with Gasteiger partial charge in [-0.05, 0) is 79.8 Å². The summed E-state index contributed by atoms with van der Waals surface area (Å²) in [5.74, 6) is 1.50. The van der Waals surface area contributed by atoms with E-state index in [-0.39, 0.29) is 5.54 Å². The van der Waals surface area contributed by atoms with Crippen LogP contribution >= 0.6 is 11.8 Å². The molecule has 0 saturated carbocycles. The average molecular weight is 565 g/mol. The Balaban J connectivity index is 1.41. The van der Waals surface area contributed by atoms with Crippen LogP contribution in [0, 0.1) is 0 Å². The molecule has 4 aromatic carbocycles. The van der Waals surface area contributed by atoms with Crippen LogP contribution in [0.3, 0.4) is 0 Å². The van der Waals surface area contributed by atoms with Crippen LogP contribution in [0.25, 0.3) is 16.8 Å². The minimum atomic E-state index is -0.395. The maximum Gasteiger partial charge on any atom is 0.344 e. The van der Waals surface area contributed by atoms with Gasteiger partial charge >= 0.3 is 5.97 Å². The monoisotopic (exact) mass is 564 g/mol. The molecule has 0 saturated heterocycles. The zero-order chi connectivity index (χ0) is 28.7. The Kier molecular flexibility index (Phi) is 6.91. The van der Waals surface area contributed by atoms with E-state index in [9.17, 15) is 4.79 Å². The Bertz CT molecular complexity index is 1690. The molecule has 2 heterocycles. The van der Waals surface area contributed by atoms with Crippen LogP contribution in [0.15, 0.2) is 89.8 Å². The van der Waals surface area contributed by atoms with Crippen LogP contribution in [-0.2, 0) is 6.54 Å². The average Bonchev–Trinajstić information content (AvgIpc) is 3.36. The molecular weight excluding hydrogens is 532 g/mol. The Morgan fingerprint density at radius 3 is 2.41 bits per heavy atom. The number of nitrogens with one attached hydrogen (secondary N) is 1. The third-order valence-corrected chi connectivity index (χ3v) is 8.30. The van der Waals surface area contributed by atoms with Crippen LogP contribution in [0.5, 0.6) is 17.2 Å². The lowest BCUT2D eigenvalue weighted by Gasteiger charge is -2.33. The highest BCUT2D eigenvalue weighted by atomic mass is 32.2. The fraction of sp³-hybridized carbons (Fsp3) is 0.206. The summed E-state index contributed by atoms with van der Waals surface area (Å²) >= 11 is 1.51. The first-order chi connectivity index (χ1) is 19.8. The second-order valence-corrected chi connectivity index (χ2v) is 11.4. The maximum absolute atomic E-state index is 13.0. The van der Waals surface area contributed by atoms with Gasteiger partial charge in [0.1, 0.15) is 17.2 Å². The van der Waals surface area contributed by atoms with Gasteiger partial charge in [-0.15, -0.1) is 11.8 Å². The molecule has 0 fully saturated rings. The lowest BCUT2D eigenvalue weighted by atomic mass is 9.89. The predicted octanol–water partition coefficient (Wildman–Crippen LogP) is 7.88. The molecule has 0 amide bonds. The van der Waals surface area contributed by atoms with Crippen LogP contribution in [0.2, 0.25) is 0 Å². The van der Waals surface area contributed by atoms with Gasteiger partial charge in [0.2, 0.25) is 0 Å². The van der Waals surface area contributed by atoms with Crippen molar-refractivity contribution in [1.29, 1.82) is 0 Å². The number of methoxy groups -OCH3 is 2. The van der Waals surface area contributed by atoms with Gasteiger partial charge in [-0.3, -0.25) is 0 Å². The van der Waals surface area contributed by atoms with Gasteiger partial charge in [-0.25, -0.2) is 4.79 Å². The van der Waals surface area contributed by atoms with Gasteiger partial charge in [0.25, 0.3) is 0 Å². The first-order valence-corrected chi connectivity index (χ1v) is 14.7. The van der Waals surface area contributed by atoms with E-state index in [0.29, 0.717) is 23.6 Å². The SMILES string of the molecule is COc1cc(OC(=O)c2ccccc2SC)ccc1-c1ccc2c3c1CN(c1ccccc1OC)C3=CC(C)(C)N2. The topological polar surface area (TPSA) is 60.0 Å². The normalized spacial score (nSPS) is 14.6. The predicted molar refractivity (Wildman–Crippen MR) is 166 cm³/mol. The summed E-state index contributed by atoms with van der Waals surface area (Å²) in [6.07, 6.45) is 4.23. The zero-order valence-electron chi connectivity index (χ0n) is 23.8. The molecule has 208 valence electrons. The van der Waals surface area contributed by atoms with Crippen molar-refractivity contribution in [3.8, 4) is 28.4 Å². The molecule has 0 bridgehead atoms. The zero-order valence-corrected chi connectivity index (χ0v) is 24.6. The van der Waals surface area contributed by atoms with Crippen LogP contribution < -0.4 is 24.4 Å². The number of nitrogens with zero attached hydrogens (tertiary/aromatic N) is 1. The first kappa shape index (κ1) is 26.8. The maximum atomic E-state index is 13.0. The summed E-state index contributed by atoms with van der Waals surface area (Å²) in [6.45, 7) is 5.03. The summed E-state index contributed by atoms with van der Waals surface area (Å²) in [5, 5.41) is 3.69. The summed E-state index contributed by atoms with van der Waals surface area (Å²) in [4.78, 5) is 16.2. The van der Waals surface area contributed by atoms with E-state index in [0.717, 1.165) is 38.8 Å². The van der Waals surface area contributed by atoms with Gasteiger partial charge in [0, 0.05) is 40.0 Å². The highest BCUT2D eigenvalue weighted by Crippen LogP contribution is 2.51. The van der Waals surface area contributed by atoms with E-state index in [1.807, 2.05) is 54.8 Å². The Morgan fingerprint density at radius 1 is 0.902 bits per heavy atom. The summed E-state index contributed by atoms with van der Waals surface area (Å²) in [6, 6.07) is 25.4. The van der Waals surface area contributed by atoms with E-state index in [4.69, 9.17) is 14.2 Å². The molecule has 0 spiro atoms. The highest BCUT2D eigenvalue weighted by molar-refractivity contribution is 7.98. The lowest BCUT2D eigenvalue weighted by molar-refractivity contribution is 0.0731.